The Morgan fingerprint density at radius 2 is 2.36 bits per heavy atom. The first-order valence-corrected chi connectivity index (χ1v) is 5.77. The van der Waals surface area contributed by atoms with Crippen LogP contribution in [-0.4, -0.2) is 36.3 Å². The van der Waals surface area contributed by atoms with E-state index in [4.69, 9.17) is 4.74 Å². The summed E-state index contributed by atoms with van der Waals surface area (Å²) in [7, 11) is 0. The molecule has 2 heterocycles. The third-order valence-electron chi connectivity index (χ3n) is 2.28. The molecule has 1 unspecified atom stereocenters. The lowest BCUT2D eigenvalue weighted by Crippen LogP contribution is -2.46. The minimum atomic E-state index is 0.291. The molecule has 1 aliphatic heterocycles. The average Bonchev–Trinajstić information content (AvgIpc) is 2.72. The Balaban J connectivity index is 1.84. The van der Waals surface area contributed by atoms with Crippen molar-refractivity contribution in [1.82, 2.24) is 15.4 Å². The van der Waals surface area contributed by atoms with Crippen LogP contribution in [0.2, 0.25) is 0 Å². The summed E-state index contributed by atoms with van der Waals surface area (Å²) in [4.78, 5) is 4.28. The maximum Gasteiger partial charge on any atom is 0.0795 e. The molecule has 0 saturated carbocycles. The molecule has 2 rings (SSSR count). The maximum atomic E-state index is 5.28. The third kappa shape index (κ3) is 2.51. The fourth-order valence-corrected chi connectivity index (χ4v) is 2.12. The van der Waals surface area contributed by atoms with Crippen molar-refractivity contribution in [2.45, 2.75) is 13.0 Å². The van der Waals surface area contributed by atoms with Gasteiger partial charge < -0.3 is 4.74 Å². The van der Waals surface area contributed by atoms with E-state index in [1.54, 1.807) is 11.3 Å². The number of nitrogens with one attached hydrogen (secondary N) is 1. The molecule has 1 fully saturated rings. The summed E-state index contributed by atoms with van der Waals surface area (Å²) in [5, 5.41) is 4.28. The first-order chi connectivity index (χ1) is 6.86. The van der Waals surface area contributed by atoms with Crippen LogP contribution >= 0.6 is 11.3 Å². The van der Waals surface area contributed by atoms with Crippen LogP contribution in [-0.2, 0) is 4.74 Å². The lowest BCUT2D eigenvalue weighted by molar-refractivity contribution is 0.00457. The van der Waals surface area contributed by atoms with E-state index in [9.17, 15) is 0 Å². The summed E-state index contributed by atoms with van der Waals surface area (Å²) >= 11 is 1.64. The van der Waals surface area contributed by atoms with Crippen LogP contribution < -0.4 is 5.43 Å². The smallest absolute Gasteiger partial charge is 0.0795 e. The van der Waals surface area contributed by atoms with Crippen LogP contribution in [0.5, 0.6) is 0 Å². The second kappa shape index (κ2) is 4.84. The first kappa shape index (κ1) is 10.0. The van der Waals surface area contributed by atoms with Crippen LogP contribution in [0.4, 0.5) is 0 Å². The molecule has 14 heavy (non-hydrogen) atoms. The Bertz CT molecular complexity index is 259. The zero-order valence-corrected chi connectivity index (χ0v) is 9.09. The second-order valence-corrected chi connectivity index (χ2v) is 4.08. The Morgan fingerprint density at radius 3 is 3.00 bits per heavy atom. The van der Waals surface area contributed by atoms with Crippen LogP contribution in [0.15, 0.2) is 10.9 Å². The summed E-state index contributed by atoms with van der Waals surface area (Å²) in [6.07, 6.45) is 0. The Labute approximate surface area is 87.9 Å². The van der Waals surface area contributed by atoms with Gasteiger partial charge in [0.2, 0.25) is 0 Å². The van der Waals surface area contributed by atoms with Crippen LogP contribution in [0.3, 0.4) is 0 Å². The van der Waals surface area contributed by atoms with Crippen LogP contribution in [0.25, 0.3) is 0 Å². The van der Waals surface area contributed by atoms with E-state index in [2.05, 4.69) is 27.7 Å². The summed E-state index contributed by atoms with van der Waals surface area (Å²) in [6, 6.07) is 0.291. The lowest BCUT2D eigenvalue weighted by atomic mass is 10.3. The molecule has 1 aliphatic rings. The van der Waals surface area contributed by atoms with E-state index < -0.39 is 0 Å². The predicted octanol–water partition coefficient (Wildman–Crippen LogP) is 1.04. The monoisotopic (exact) mass is 213 g/mol. The van der Waals surface area contributed by atoms with Gasteiger partial charge in [-0.15, -0.1) is 11.3 Å². The molecular formula is C9H15N3OS. The number of ether oxygens (including phenoxy) is 1. The van der Waals surface area contributed by atoms with E-state index in [0.29, 0.717) is 6.04 Å². The van der Waals surface area contributed by atoms with E-state index in [1.165, 1.54) is 0 Å². The molecule has 4 nitrogen and oxygen atoms in total. The molecule has 1 saturated heterocycles. The average molecular weight is 213 g/mol. The highest BCUT2D eigenvalue weighted by atomic mass is 32.1. The van der Waals surface area contributed by atoms with Gasteiger partial charge in [-0.3, -0.25) is 0 Å². The topological polar surface area (TPSA) is 37.4 Å². The van der Waals surface area contributed by atoms with Gasteiger partial charge in [0, 0.05) is 18.5 Å². The summed E-state index contributed by atoms with van der Waals surface area (Å²) in [5.74, 6) is 0. The number of nitrogens with zero attached hydrogens (tertiary/aromatic N) is 2. The molecule has 0 spiro atoms. The molecule has 1 atom stereocenters. The van der Waals surface area contributed by atoms with Gasteiger partial charge >= 0.3 is 0 Å². The normalized spacial score (nSPS) is 20.9. The lowest BCUT2D eigenvalue weighted by Gasteiger charge is -2.29. The molecule has 0 aromatic carbocycles. The van der Waals surface area contributed by atoms with Crippen LogP contribution in [0, 0.1) is 0 Å². The van der Waals surface area contributed by atoms with Crippen molar-refractivity contribution < 1.29 is 4.74 Å². The highest BCUT2D eigenvalue weighted by molar-refractivity contribution is 7.07. The molecule has 0 aliphatic carbocycles. The molecule has 0 bridgehead atoms. The molecule has 1 N–H and O–H groups in total. The molecule has 0 radical (unpaired) electrons. The molecule has 1 aromatic heterocycles. The van der Waals surface area contributed by atoms with E-state index >= 15 is 0 Å². The van der Waals surface area contributed by atoms with Crippen molar-refractivity contribution in [2.75, 3.05) is 26.3 Å². The Morgan fingerprint density at radius 1 is 1.57 bits per heavy atom. The molecule has 78 valence electrons. The zero-order valence-electron chi connectivity index (χ0n) is 8.27. The summed E-state index contributed by atoms with van der Waals surface area (Å²) in [5.41, 5.74) is 6.40. The molecule has 0 amide bonds. The van der Waals surface area contributed by atoms with Crippen molar-refractivity contribution in [3.8, 4) is 0 Å². The second-order valence-electron chi connectivity index (χ2n) is 3.36. The minimum Gasteiger partial charge on any atom is -0.379 e. The zero-order chi connectivity index (χ0) is 9.80. The number of thiazole rings is 1. The van der Waals surface area contributed by atoms with Crippen molar-refractivity contribution >= 4 is 11.3 Å². The largest absolute Gasteiger partial charge is 0.379 e. The van der Waals surface area contributed by atoms with Gasteiger partial charge in [-0.05, 0) is 6.92 Å². The number of hydrogen-bond donors (Lipinski definition) is 1. The summed E-state index contributed by atoms with van der Waals surface area (Å²) < 4.78 is 5.28. The van der Waals surface area contributed by atoms with Gasteiger partial charge in [-0.25, -0.2) is 15.4 Å². The van der Waals surface area contributed by atoms with Gasteiger partial charge in [0.15, 0.2) is 0 Å². The van der Waals surface area contributed by atoms with Crippen molar-refractivity contribution in [2.24, 2.45) is 0 Å². The number of morpholine rings is 1. The van der Waals surface area contributed by atoms with E-state index in [1.807, 2.05) is 5.51 Å². The van der Waals surface area contributed by atoms with Crippen molar-refractivity contribution in [3.63, 3.8) is 0 Å². The van der Waals surface area contributed by atoms with Crippen molar-refractivity contribution in [1.29, 1.82) is 0 Å². The maximum absolute atomic E-state index is 5.28. The standard InChI is InChI=1S/C9H15N3OS/c1-8(9-6-14-7-10-9)11-12-2-4-13-5-3-12/h6-8,11H,2-5H2,1H3. The Kier molecular flexibility index (Phi) is 3.47. The van der Waals surface area contributed by atoms with Gasteiger partial charge in [0.25, 0.3) is 0 Å². The number of hydrazine groups is 1. The SMILES string of the molecule is CC(NN1CCOCC1)c1cscn1. The number of aromatic nitrogens is 1. The third-order valence-corrected chi connectivity index (χ3v) is 2.89. The van der Waals surface area contributed by atoms with Crippen LogP contribution in [0.1, 0.15) is 18.7 Å². The molecular weight excluding hydrogens is 198 g/mol. The van der Waals surface area contributed by atoms with Gasteiger partial charge in [-0.1, -0.05) is 0 Å². The highest BCUT2D eigenvalue weighted by Gasteiger charge is 2.14. The molecule has 1 aromatic rings. The fourth-order valence-electron chi connectivity index (χ4n) is 1.47. The number of hydrogen-bond acceptors (Lipinski definition) is 5. The van der Waals surface area contributed by atoms with Crippen molar-refractivity contribution in [3.05, 3.63) is 16.6 Å². The van der Waals surface area contributed by atoms with Gasteiger partial charge in [0.05, 0.1) is 30.5 Å². The Hall–Kier alpha value is -0.490. The van der Waals surface area contributed by atoms with Gasteiger partial charge in [0.1, 0.15) is 0 Å². The fraction of sp³-hybridized carbons (Fsp3) is 0.667. The quantitative estimate of drug-likeness (QED) is 0.814. The minimum absolute atomic E-state index is 0.291. The number of rotatable bonds is 3. The van der Waals surface area contributed by atoms with E-state index in [0.717, 1.165) is 32.0 Å². The molecule has 5 heteroatoms. The van der Waals surface area contributed by atoms with E-state index in [-0.39, 0.29) is 0 Å². The van der Waals surface area contributed by atoms with Gasteiger partial charge in [-0.2, -0.15) is 0 Å². The summed E-state index contributed by atoms with van der Waals surface area (Å²) in [6.45, 7) is 5.67. The predicted molar refractivity (Wildman–Crippen MR) is 56.1 cm³/mol. The first-order valence-electron chi connectivity index (χ1n) is 4.83. The highest BCUT2D eigenvalue weighted by Crippen LogP contribution is 2.12.